The molecule has 6 heteroatoms. The molecule has 26 heavy (non-hydrogen) atoms. The van der Waals surface area contributed by atoms with Gasteiger partial charge in [0.2, 0.25) is 5.91 Å². The van der Waals surface area contributed by atoms with E-state index < -0.39 is 0 Å². The standard InChI is InChI=1S/C20H26N4O2/c1-20(2,3)19(25)24-11-9-23(10-12-24)18-13-17(21-14-22-18)15-5-7-16(26-4)8-6-15/h5-8,13-14H,9-12H2,1-4H3. The largest absolute Gasteiger partial charge is 0.497 e. The lowest BCUT2D eigenvalue weighted by atomic mass is 9.94. The summed E-state index contributed by atoms with van der Waals surface area (Å²) >= 11 is 0. The highest BCUT2D eigenvalue weighted by molar-refractivity contribution is 5.81. The zero-order chi connectivity index (χ0) is 18.7. The maximum Gasteiger partial charge on any atom is 0.228 e. The highest BCUT2D eigenvalue weighted by Crippen LogP contribution is 2.24. The fourth-order valence-electron chi connectivity index (χ4n) is 3.05. The van der Waals surface area contributed by atoms with Gasteiger partial charge in [-0.2, -0.15) is 0 Å². The summed E-state index contributed by atoms with van der Waals surface area (Å²) in [5.41, 5.74) is 1.57. The van der Waals surface area contributed by atoms with E-state index in [9.17, 15) is 4.79 Å². The molecule has 0 saturated carbocycles. The third kappa shape index (κ3) is 3.95. The first-order valence-electron chi connectivity index (χ1n) is 8.89. The lowest BCUT2D eigenvalue weighted by Gasteiger charge is -2.38. The molecule has 2 heterocycles. The first-order valence-corrected chi connectivity index (χ1v) is 8.89. The van der Waals surface area contributed by atoms with Crippen LogP contribution in [0.15, 0.2) is 36.7 Å². The number of nitrogens with zero attached hydrogens (tertiary/aromatic N) is 4. The SMILES string of the molecule is COc1ccc(-c2cc(N3CCN(C(=O)C(C)(C)C)CC3)ncn2)cc1. The van der Waals surface area contributed by atoms with E-state index in [-0.39, 0.29) is 11.3 Å². The predicted molar refractivity (Wildman–Crippen MR) is 102 cm³/mol. The van der Waals surface area contributed by atoms with Crippen molar-refractivity contribution in [1.29, 1.82) is 0 Å². The maximum absolute atomic E-state index is 12.4. The second kappa shape index (κ2) is 7.32. The normalized spacial score (nSPS) is 15.1. The van der Waals surface area contributed by atoms with Crippen molar-refractivity contribution < 1.29 is 9.53 Å². The van der Waals surface area contributed by atoms with Crippen LogP contribution < -0.4 is 9.64 Å². The number of carbonyl (C=O) groups excluding carboxylic acids is 1. The molecule has 1 fully saturated rings. The molecule has 0 aliphatic carbocycles. The number of carbonyl (C=O) groups is 1. The van der Waals surface area contributed by atoms with E-state index in [0.717, 1.165) is 49.0 Å². The number of methoxy groups -OCH3 is 1. The summed E-state index contributed by atoms with van der Waals surface area (Å²) in [6.07, 6.45) is 1.60. The van der Waals surface area contributed by atoms with Crippen molar-refractivity contribution in [3.63, 3.8) is 0 Å². The minimum atomic E-state index is -0.335. The zero-order valence-corrected chi connectivity index (χ0v) is 15.9. The van der Waals surface area contributed by atoms with Gasteiger partial charge in [-0.05, 0) is 24.3 Å². The molecular weight excluding hydrogens is 328 g/mol. The lowest BCUT2D eigenvalue weighted by Crippen LogP contribution is -2.51. The third-order valence-corrected chi connectivity index (χ3v) is 4.57. The van der Waals surface area contributed by atoms with Crippen LogP contribution >= 0.6 is 0 Å². The van der Waals surface area contributed by atoms with E-state index >= 15 is 0 Å². The van der Waals surface area contributed by atoms with E-state index in [4.69, 9.17) is 4.74 Å². The molecule has 1 amide bonds. The molecular formula is C20H26N4O2. The van der Waals surface area contributed by atoms with Crippen LogP contribution in [0.2, 0.25) is 0 Å². The van der Waals surface area contributed by atoms with E-state index in [1.54, 1.807) is 13.4 Å². The van der Waals surface area contributed by atoms with Crippen LogP contribution in [-0.4, -0.2) is 54.1 Å². The van der Waals surface area contributed by atoms with Gasteiger partial charge in [0.1, 0.15) is 17.9 Å². The molecule has 1 aliphatic rings. The van der Waals surface area contributed by atoms with Crippen LogP contribution in [0.1, 0.15) is 20.8 Å². The Morgan fingerprint density at radius 1 is 1.04 bits per heavy atom. The Balaban J connectivity index is 1.70. The molecule has 138 valence electrons. The molecule has 3 rings (SSSR count). The molecule has 1 aliphatic heterocycles. The summed E-state index contributed by atoms with van der Waals surface area (Å²) in [5, 5.41) is 0. The van der Waals surface area contributed by atoms with Gasteiger partial charge in [-0.3, -0.25) is 4.79 Å². The summed E-state index contributed by atoms with van der Waals surface area (Å²) < 4.78 is 5.20. The maximum atomic E-state index is 12.4. The first-order chi connectivity index (χ1) is 12.4. The van der Waals surface area contributed by atoms with Gasteiger partial charge in [0.05, 0.1) is 12.8 Å². The quantitative estimate of drug-likeness (QED) is 0.848. The minimum Gasteiger partial charge on any atom is -0.497 e. The van der Waals surface area contributed by atoms with Crippen molar-refractivity contribution >= 4 is 11.7 Å². The van der Waals surface area contributed by atoms with Gasteiger partial charge in [-0.25, -0.2) is 9.97 Å². The monoisotopic (exact) mass is 354 g/mol. The number of rotatable bonds is 3. The molecule has 1 aromatic carbocycles. The van der Waals surface area contributed by atoms with Gasteiger partial charge >= 0.3 is 0 Å². The third-order valence-electron chi connectivity index (χ3n) is 4.57. The van der Waals surface area contributed by atoms with Crippen molar-refractivity contribution in [3.8, 4) is 17.0 Å². The summed E-state index contributed by atoms with van der Waals surface area (Å²) in [4.78, 5) is 25.4. The molecule has 0 N–H and O–H groups in total. The number of ether oxygens (including phenoxy) is 1. The van der Waals surface area contributed by atoms with Gasteiger partial charge in [-0.1, -0.05) is 20.8 Å². The summed E-state index contributed by atoms with van der Waals surface area (Å²) in [6, 6.07) is 9.83. The molecule has 0 spiro atoms. The van der Waals surface area contributed by atoms with Crippen molar-refractivity contribution in [3.05, 3.63) is 36.7 Å². The second-order valence-corrected chi connectivity index (χ2v) is 7.52. The zero-order valence-electron chi connectivity index (χ0n) is 15.9. The van der Waals surface area contributed by atoms with Gasteiger partial charge < -0.3 is 14.5 Å². The molecule has 0 bridgehead atoms. The van der Waals surface area contributed by atoms with E-state index in [2.05, 4.69) is 14.9 Å². The molecule has 6 nitrogen and oxygen atoms in total. The lowest BCUT2D eigenvalue weighted by molar-refractivity contribution is -0.139. The molecule has 1 saturated heterocycles. The Kier molecular flexibility index (Phi) is 5.11. The summed E-state index contributed by atoms with van der Waals surface area (Å²) in [6.45, 7) is 8.89. The highest BCUT2D eigenvalue weighted by atomic mass is 16.5. The van der Waals surface area contributed by atoms with E-state index in [1.807, 2.05) is 56.0 Å². The van der Waals surface area contributed by atoms with Crippen LogP contribution in [0.3, 0.4) is 0 Å². The van der Waals surface area contributed by atoms with Crippen LogP contribution in [0, 0.1) is 5.41 Å². The number of benzene rings is 1. The Morgan fingerprint density at radius 2 is 1.69 bits per heavy atom. The van der Waals surface area contributed by atoms with Crippen molar-refractivity contribution in [2.24, 2.45) is 5.41 Å². The summed E-state index contributed by atoms with van der Waals surface area (Å²) in [7, 11) is 1.65. The van der Waals surface area contributed by atoms with Crippen molar-refractivity contribution in [2.45, 2.75) is 20.8 Å². The summed E-state index contributed by atoms with van der Waals surface area (Å²) in [5.74, 6) is 1.93. The highest BCUT2D eigenvalue weighted by Gasteiger charge is 2.30. The van der Waals surface area contributed by atoms with Crippen LogP contribution in [0.5, 0.6) is 5.75 Å². The van der Waals surface area contributed by atoms with Crippen LogP contribution in [-0.2, 0) is 4.79 Å². The number of anilines is 1. The van der Waals surface area contributed by atoms with Crippen molar-refractivity contribution in [1.82, 2.24) is 14.9 Å². The molecule has 0 unspecified atom stereocenters. The molecule has 0 atom stereocenters. The number of piperazine rings is 1. The minimum absolute atomic E-state index is 0.207. The van der Waals surface area contributed by atoms with E-state index in [0.29, 0.717) is 0 Å². The second-order valence-electron chi connectivity index (χ2n) is 7.52. The topological polar surface area (TPSA) is 58.6 Å². The average Bonchev–Trinajstić information content (AvgIpc) is 2.67. The molecule has 1 aromatic heterocycles. The number of hydrogen-bond acceptors (Lipinski definition) is 5. The Labute approximate surface area is 154 Å². The Bertz CT molecular complexity index is 760. The molecule has 2 aromatic rings. The molecule has 0 radical (unpaired) electrons. The Morgan fingerprint density at radius 3 is 2.27 bits per heavy atom. The van der Waals surface area contributed by atoms with Gasteiger partial charge in [0.15, 0.2) is 0 Å². The fraction of sp³-hybridized carbons (Fsp3) is 0.450. The van der Waals surface area contributed by atoms with Crippen molar-refractivity contribution in [2.75, 3.05) is 38.2 Å². The van der Waals surface area contributed by atoms with Crippen LogP contribution in [0.4, 0.5) is 5.82 Å². The first kappa shape index (κ1) is 18.2. The van der Waals surface area contributed by atoms with Gasteiger partial charge in [-0.15, -0.1) is 0 Å². The van der Waals surface area contributed by atoms with E-state index in [1.165, 1.54) is 0 Å². The smallest absolute Gasteiger partial charge is 0.228 e. The number of aromatic nitrogens is 2. The van der Waals surface area contributed by atoms with Crippen LogP contribution in [0.25, 0.3) is 11.3 Å². The average molecular weight is 354 g/mol. The predicted octanol–water partition coefficient (Wildman–Crippen LogP) is 2.85. The number of hydrogen-bond donors (Lipinski definition) is 0. The number of amides is 1. The van der Waals surface area contributed by atoms with Gasteiger partial charge in [0.25, 0.3) is 0 Å². The fourth-order valence-corrected chi connectivity index (χ4v) is 3.05. The van der Waals surface area contributed by atoms with Gasteiger partial charge in [0, 0.05) is 43.2 Å². The Hall–Kier alpha value is -2.63.